The topological polar surface area (TPSA) is 43.6 Å². The van der Waals surface area contributed by atoms with E-state index in [0.29, 0.717) is 11.1 Å². The van der Waals surface area contributed by atoms with Crippen LogP contribution in [0.25, 0.3) is 72.8 Å². The second kappa shape index (κ2) is 10.5. The minimum absolute atomic E-state index is 0.0647. The number of nitrogens with zero attached hydrogens (tertiary/aromatic N) is 4. The van der Waals surface area contributed by atoms with Crippen molar-refractivity contribution in [1.29, 1.82) is 0 Å². The van der Waals surface area contributed by atoms with Gasteiger partial charge >= 0.3 is 0 Å². The molecule has 0 aliphatic heterocycles. The van der Waals surface area contributed by atoms with Gasteiger partial charge in [-0.25, -0.2) is 15.0 Å². The zero-order chi connectivity index (χ0) is 39.9. The van der Waals surface area contributed by atoms with E-state index in [1.165, 1.54) is 4.57 Å². The van der Waals surface area contributed by atoms with Crippen molar-refractivity contribution in [1.82, 2.24) is 19.5 Å². The summed E-state index contributed by atoms with van der Waals surface area (Å²) >= 11 is 0. The van der Waals surface area contributed by atoms with Crippen LogP contribution in [0.4, 0.5) is 0 Å². The molecule has 0 unspecified atom stereocenters. The van der Waals surface area contributed by atoms with Gasteiger partial charge in [-0.15, -0.1) is 0 Å². The molecule has 6 aromatic carbocycles. The summed E-state index contributed by atoms with van der Waals surface area (Å²) in [6, 6.07) is 15.9. The van der Waals surface area contributed by atoms with Gasteiger partial charge in [-0.3, -0.25) is 0 Å². The Hall–Kier alpha value is -5.87. The van der Waals surface area contributed by atoms with Crippen molar-refractivity contribution in [3.05, 3.63) is 157 Å². The highest BCUT2D eigenvalue weighted by Gasteiger charge is 2.20. The molecule has 0 bridgehead atoms. The molecule has 0 spiro atoms. The molecule has 0 amide bonds. The molecule has 2 aromatic heterocycles. The second-order valence-corrected chi connectivity index (χ2v) is 9.55. The van der Waals surface area contributed by atoms with E-state index in [2.05, 4.69) is 4.98 Å². The van der Waals surface area contributed by atoms with Crippen molar-refractivity contribution in [2.45, 2.75) is 0 Å². The highest BCUT2D eigenvalue weighted by Crippen LogP contribution is 2.38. The van der Waals surface area contributed by atoms with Crippen LogP contribution in [-0.4, -0.2) is 19.5 Å². The van der Waals surface area contributed by atoms with Crippen LogP contribution in [0.15, 0.2) is 157 Å². The normalized spacial score (nSPS) is 15.5. The number of rotatable bonds is 5. The van der Waals surface area contributed by atoms with Gasteiger partial charge in [-0.1, -0.05) is 133 Å². The minimum Gasteiger partial charge on any atom is -0.309 e. The molecule has 0 radical (unpaired) electrons. The first-order chi connectivity index (χ1) is 26.7. The van der Waals surface area contributed by atoms with Gasteiger partial charge < -0.3 is 4.57 Å². The average molecular weight is 564 g/mol. The van der Waals surface area contributed by atoms with Gasteiger partial charge in [0.05, 0.1) is 34.5 Å². The molecule has 4 nitrogen and oxygen atoms in total. The van der Waals surface area contributed by atoms with E-state index in [9.17, 15) is 0 Å². The second-order valence-electron chi connectivity index (χ2n) is 9.55. The van der Waals surface area contributed by atoms with Gasteiger partial charge in [-0.2, -0.15) is 0 Å². The van der Waals surface area contributed by atoms with Crippen molar-refractivity contribution < 1.29 is 17.8 Å². The molecule has 4 heteroatoms. The Balaban J connectivity index is 1.58. The molecule has 0 saturated heterocycles. The maximum Gasteiger partial charge on any atom is 0.166 e. The lowest BCUT2D eigenvalue weighted by atomic mass is 10.0. The van der Waals surface area contributed by atoms with Crippen LogP contribution in [0.5, 0.6) is 0 Å². The average Bonchev–Trinajstić information content (AvgIpc) is 3.59. The number of aromatic nitrogens is 4. The Morgan fingerprint density at radius 3 is 1.63 bits per heavy atom. The van der Waals surface area contributed by atoms with E-state index in [4.69, 9.17) is 27.8 Å². The van der Waals surface area contributed by atoms with Crippen molar-refractivity contribution in [3.63, 3.8) is 0 Å². The Labute approximate surface area is 267 Å². The van der Waals surface area contributed by atoms with E-state index in [0.717, 1.165) is 5.56 Å². The number of benzene rings is 6. The Kier molecular flexibility index (Phi) is 3.63. The number of fused-ring (bicyclic) bond motifs is 3. The Bertz CT molecular complexity index is 2850. The van der Waals surface area contributed by atoms with Gasteiger partial charge in [0.25, 0.3) is 0 Å². The van der Waals surface area contributed by atoms with Crippen LogP contribution in [0.3, 0.4) is 0 Å². The third-order valence-electron chi connectivity index (χ3n) is 7.01. The van der Waals surface area contributed by atoms with Gasteiger partial charge in [0, 0.05) is 27.5 Å². The maximum atomic E-state index is 9.08. The largest absolute Gasteiger partial charge is 0.309 e. The van der Waals surface area contributed by atoms with Crippen LogP contribution < -0.4 is 0 Å². The van der Waals surface area contributed by atoms with E-state index in [1.54, 1.807) is 48.5 Å². The lowest BCUT2D eigenvalue weighted by molar-refractivity contribution is 1.06. The SMILES string of the molecule is [2H]c1c([2H])c([2H])c(-c2nc(-c3ccccc3)nc(-c3cc(-c4ccccc4)ccc3-n3c4c([2H])c([2H])c([2H])c([2H])c4c4c([2H])c([2H])c([2H])c([2H])c43)n2)c([2H])c1[2H]. The Morgan fingerprint density at radius 1 is 0.442 bits per heavy atom. The summed E-state index contributed by atoms with van der Waals surface area (Å²) in [5, 5.41) is -0.229. The zero-order valence-corrected chi connectivity index (χ0v) is 22.3. The Morgan fingerprint density at radius 2 is 0.977 bits per heavy atom. The molecule has 2 heterocycles. The molecular formula is C39H26N4. The molecule has 8 rings (SSSR count). The number of hydrogen-bond acceptors (Lipinski definition) is 3. The smallest absolute Gasteiger partial charge is 0.166 e. The highest BCUT2D eigenvalue weighted by atomic mass is 15.1. The fourth-order valence-electron chi connectivity index (χ4n) is 5.07. The standard InChI is InChI=1S/C39H26N4/c1-4-14-27(15-5-1)30-24-25-36(43-34-22-12-10-20-31(34)32-21-11-13-23-35(32)43)33(26-30)39-41-37(28-16-6-2-7-17-28)40-38(42-39)29-18-8-3-9-19-29/h1-26H/i2D,6D,7D,10D,11D,12D,13D,16D,17D,20D,21D,22D,23D. The summed E-state index contributed by atoms with van der Waals surface area (Å²) < 4.78 is 114. The molecule has 0 atom stereocenters. The summed E-state index contributed by atoms with van der Waals surface area (Å²) in [4.78, 5) is 14.2. The molecule has 43 heavy (non-hydrogen) atoms. The monoisotopic (exact) mass is 563 g/mol. The molecule has 0 saturated carbocycles. The number of hydrogen-bond donors (Lipinski definition) is 0. The van der Waals surface area contributed by atoms with Crippen LogP contribution in [0, 0.1) is 0 Å². The first kappa shape index (κ1) is 14.9. The molecule has 8 aromatic rings. The van der Waals surface area contributed by atoms with Gasteiger partial charge in [0.2, 0.25) is 0 Å². The van der Waals surface area contributed by atoms with E-state index < -0.39 is 78.6 Å². The van der Waals surface area contributed by atoms with Crippen LogP contribution in [-0.2, 0) is 0 Å². The lowest BCUT2D eigenvalue weighted by Gasteiger charge is -2.16. The van der Waals surface area contributed by atoms with Crippen molar-refractivity contribution in [3.8, 4) is 51.0 Å². The van der Waals surface area contributed by atoms with E-state index in [-0.39, 0.29) is 56.1 Å². The van der Waals surface area contributed by atoms with Crippen molar-refractivity contribution >= 4 is 21.8 Å². The summed E-state index contributed by atoms with van der Waals surface area (Å²) in [5.41, 5.74) is 1.79. The van der Waals surface area contributed by atoms with Gasteiger partial charge in [-0.05, 0) is 35.3 Å². The van der Waals surface area contributed by atoms with E-state index in [1.807, 2.05) is 30.3 Å². The molecule has 0 aliphatic rings. The van der Waals surface area contributed by atoms with Crippen LogP contribution in [0.1, 0.15) is 17.8 Å². The molecule has 0 N–H and O–H groups in total. The quantitative estimate of drug-likeness (QED) is 0.209. The van der Waals surface area contributed by atoms with Crippen molar-refractivity contribution in [2.75, 3.05) is 0 Å². The first-order valence-corrected chi connectivity index (χ1v) is 13.3. The summed E-state index contributed by atoms with van der Waals surface area (Å²) in [6.45, 7) is 0. The minimum atomic E-state index is -0.598. The summed E-state index contributed by atoms with van der Waals surface area (Å²) in [5.74, 6) is -0.224. The first-order valence-electron chi connectivity index (χ1n) is 19.8. The predicted molar refractivity (Wildman–Crippen MR) is 176 cm³/mol. The highest BCUT2D eigenvalue weighted by molar-refractivity contribution is 6.09. The van der Waals surface area contributed by atoms with E-state index >= 15 is 0 Å². The summed E-state index contributed by atoms with van der Waals surface area (Å²) in [6.07, 6.45) is 0. The lowest BCUT2D eigenvalue weighted by Crippen LogP contribution is -2.04. The van der Waals surface area contributed by atoms with Gasteiger partial charge in [0.1, 0.15) is 0 Å². The maximum absolute atomic E-state index is 9.08. The molecule has 202 valence electrons. The van der Waals surface area contributed by atoms with Gasteiger partial charge in [0.15, 0.2) is 17.5 Å². The third kappa shape index (κ3) is 4.46. The predicted octanol–water partition coefficient (Wildman–Crippen LogP) is 9.64. The molecular weight excluding hydrogens is 524 g/mol. The van der Waals surface area contributed by atoms with Crippen LogP contribution in [0.2, 0.25) is 0 Å². The fraction of sp³-hybridized carbons (Fsp3) is 0. The molecule has 0 aliphatic carbocycles. The van der Waals surface area contributed by atoms with Crippen molar-refractivity contribution in [2.24, 2.45) is 0 Å². The third-order valence-corrected chi connectivity index (χ3v) is 7.01. The zero-order valence-electron chi connectivity index (χ0n) is 35.3. The number of para-hydroxylation sites is 2. The molecule has 0 fully saturated rings. The van der Waals surface area contributed by atoms with Crippen LogP contribution >= 0.6 is 0 Å². The fourth-order valence-corrected chi connectivity index (χ4v) is 5.07. The summed E-state index contributed by atoms with van der Waals surface area (Å²) in [7, 11) is 0.